The fourth-order valence-corrected chi connectivity index (χ4v) is 2.69. The van der Waals surface area contributed by atoms with E-state index in [9.17, 15) is 14.7 Å². The molecule has 25 heavy (non-hydrogen) atoms. The number of nitrogens with one attached hydrogen (secondary N) is 2. The van der Waals surface area contributed by atoms with Gasteiger partial charge in [-0.3, -0.25) is 9.59 Å². The van der Waals surface area contributed by atoms with Crippen molar-refractivity contribution in [2.24, 2.45) is 7.05 Å². The molecule has 0 bridgehead atoms. The zero-order chi connectivity index (χ0) is 18.0. The molecule has 0 aliphatic rings. The Morgan fingerprint density at radius 2 is 1.92 bits per heavy atom. The molecule has 2 amide bonds. The number of benzene rings is 2. The summed E-state index contributed by atoms with van der Waals surface area (Å²) in [6, 6.07) is 8.61. The van der Waals surface area contributed by atoms with Crippen LogP contribution < -0.4 is 15.2 Å². The van der Waals surface area contributed by atoms with Crippen molar-refractivity contribution in [2.45, 2.75) is 13.5 Å². The van der Waals surface area contributed by atoms with E-state index in [1.54, 1.807) is 34.9 Å². The summed E-state index contributed by atoms with van der Waals surface area (Å²) >= 11 is 0. The van der Waals surface area contributed by atoms with E-state index in [1.807, 2.05) is 30.3 Å². The van der Waals surface area contributed by atoms with E-state index in [4.69, 9.17) is 0 Å². The Morgan fingerprint density at radius 1 is 1.12 bits per heavy atom. The number of rotatable bonds is 4. The number of anilines is 2. The average molecular weight is 339 g/mol. The van der Waals surface area contributed by atoms with Gasteiger partial charge in [-0.25, -0.2) is 9.13 Å². The molecule has 0 aliphatic carbocycles. The Bertz CT molecular complexity index is 962. The minimum atomic E-state index is -0.265. The minimum absolute atomic E-state index is 0.0266. The summed E-state index contributed by atoms with van der Waals surface area (Å²) in [7, 11) is 1.88. The molecule has 0 unspecified atom stereocenters. The summed E-state index contributed by atoms with van der Waals surface area (Å²) in [5.41, 5.74) is 0.937. The summed E-state index contributed by atoms with van der Waals surface area (Å²) < 4.78 is 3.62. The highest BCUT2D eigenvalue weighted by molar-refractivity contribution is 6.06. The normalized spacial score (nSPS) is 10.6. The van der Waals surface area contributed by atoms with Gasteiger partial charge in [0.2, 0.25) is 12.2 Å². The van der Waals surface area contributed by atoms with Crippen LogP contribution in [0.4, 0.5) is 11.4 Å². The van der Waals surface area contributed by atoms with Gasteiger partial charge in [0, 0.05) is 23.4 Å². The third kappa shape index (κ3) is 3.60. The molecular formula is C18H19N4O3+. The number of phenols is 1. The quantitative estimate of drug-likeness (QED) is 0.500. The molecule has 0 atom stereocenters. The van der Waals surface area contributed by atoms with Gasteiger partial charge in [0.25, 0.3) is 5.91 Å². The summed E-state index contributed by atoms with van der Waals surface area (Å²) in [5.74, 6) is -0.464. The number of amides is 2. The highest BCUT2D eigenvalue weighted by atomic mass is 16.3. The van der Waals surface area contributed by atoms with Gasteiger partial charge in [-0.2, -0.15) is 0 Å². The lowest BCUT2D eigenvalue weighted by Gasteiger charge is -2.12. The van der Waals surface area contributed by atoms with Crippen LogP contribution in [0.3, 0.4) is 0 Å². The minimum Gasteiger partial charge on any atom is -0.505 e. The second kappa shape index (κ2) is 6.64. The van der Waals surface area contributed by atoms with Crippen LogP contribution in [0.25, 0.3) is 10.8 Å². The third-order valence-corrected chi connectivity index (χ3v) is 3.77. The molecule has 0 spiro atoms. The highest BCUT2D eigenvalue weighted by Crippen LogP contribution is 2.35. The lowest BCUT2D eigenvalue weighted by molar-refractivity contribution is -0.671. The predicted octanol–water partition coefficient (Wildman–Crippen LogP) is 1.77. The molecule has 0 fully saturated rings. The number of carbonyl (C=O) groups excluding carboxylic acids is 2. The number of carbonyl (C=O) groups is 2. The van der Waals surface area contributed by atoms with E-state index in [-0.39, 0.29) is 24.1 Å². The van der Waals surface area contributed by atoms with Gasteiger partial charge in [-0.1, -0.05) is 12.1 Å². The Balaban J connectivity index is 1.87. The number of imidazole rings is 1. The molecule has 1 aromatic heterocycles. The lowest BCUT2D eigenvalue weighted by Crippen LogP contribution is -2.25. The zero-order valence-electron chi connectivity index (χ0n) is 14.0. The molecule has 7 nitrogen and oxygen atoms in total. The number of hydrogen-bond donors (Lipinski definition) is 3. The Hall–Kier alpha value is -3.35. The van der Waals surface area contributed by atoms with Crippen LogP contribution in [0.1, 0.15) is 6.92 Å². The predicted molar refractivity (Wildman–Crippen MR) is 94.2 cm³/mol. The van der Waals surface area contributed by atoms with Crippen LogP contribution in [-0.4, -0.2) is 21.5 Å². The Labute approximate surface area is 144 Å². The SMILES string of the molecule is CC(=O)Nc1ccc2c(NC(=O)Cn3cc[n+](C)c3)cccc2c1O. The number of aryl methyl sites for hydroxylation is 1. The van der Waals surface area contributed by atoms with Crippen LogP contribution in [0.5, 0.6) is 5.75 Å². The lowest BCUT2D eigenvalue weighted by atomic mass is 10.1. The topological polar surface area (TPSA) is 87.2 Å². The molecule has 0 aliphatic heterocycles. The first-order chi connectivity index (χ1) is 11.9. The van der Waals surface area contributed by atoms with Gasteiger partial charge in [0.1, 0.15) is 18.1 Å². The van der Waals surface area contributed by atoms with Gasteiger partial charge in [0.05, 0.1) is 12.7 Å². The second-order valence-corrected chi connectivity index (χ2v) is 5.84. The third-order valence-electron chi connectivity index (χ3n) is 3.77. The van der Waals surface area contributed by atoms with Crippen molar-refractivity contribution >= 4 is 34.0 Å². The van der Waals surface area contributed by atoms with Crippen LogP contribution in [0.2, 0.25) is 0 Å². The standard InChI is InChI=1S/C18H18N4O3/c1-12(23)19-16-7-6-13-14(18(16)25)4-3-5-15(13)20-17(24)10-22-9-8-21(2)11-22/h3-9,11H,10H2,1-2H3,(H2-,19,20,23,24,25)/p+1. The molecule has 3 N–H and O–H groups in total. The van der Waals surface area contributed by atoms with Crippen molar-refractivity contribution in [3.05, 3.63) is 49.1 Å². The van der Waals surface area contributed by atoms with Gasteiger partial charge in [-0.05, 0) is 18.2 Å². The first kappa shape index (κ1) is 16.5. The van der Waals surface area contributed by atoms with Crippen LogP contribution in [0.15, 0.2) is 49.1 Å². The van der Waals surface area contributed by atoms with Crippen LogP contribution in [-0.2, 0) is 23.2 Å². The van der Waals surface area contributed by atoms with E-state index >= 15 is 0 Å². The van der Waals surface area contributed by atoms with Gasteiger partial charge >= 0.3 is 0 Å². The van der Waals surface area contributed by atoms with Gasteiger partial charge in [0.15, 0.2) is 6.54 Å². The second-order valence-electron chi connectivity index (χ2n) is 5.84. The summed E-state index contributed by atoms with van der Waals surface area (Å²) in [4.78, 5) is 23.5. The molecular weight excluding hydrogens is 320 g/mol. The number of aromatic nitrogens is 2. The highest BCUT2D eigenvalue weighted by Gasteiger charge is 2.13. The van der Waals surface area contributed by atoms with Crippen molar-refractivity contribution in [1.29, 1.82) is 0 Å². The first-order valence-electron chi connectivity index (χ1n) is 7.77. The molecule has 2 aromatic carbocycles. The molecule has 3 aromatic rings. The van der Waals surface area contributed by atoms with Crippen molar-refractivity contribution in [1.82, 2.24) is 4.57 Å². The Kier molecular flexibility index (Phi) is 4.38. The fraction of sp³-hybridized carbons (Fsp3) is 0.167. The molecule has 0 radical (unpaired) electrons. The van der Waals surface area contributed by atoms with Crippen molar-refractivity contribution < 1.29 is 19.3 Å². The summed E-state index contributed by atoms with van der Waals surface area (Å²) in [6.45, 7) is 1.56. The van der Waals surface area contributed by atoms with Gasteiger partial charge in [-0.15, -0.1) is 0 Å². The molecule has 0 saturated heterocycles. The van der Waals surface area contributed by atoms with Crippen molar-refractivity contribution in [3.63, 3.8) is 0 Å². The maximum Gasteiger partial charge on any atom is 0.266 e. The number of aromatic hydroxyl groups is 1. The maximum absolute atomic E-state index is 12.3. The molecule has 128 valence electrons. The zero-order valence-corrected chi connectivity index (χ0v) is 14.0. The number of phenolic OH excluding ortho intramolecular Hbond substituents is 1. The molecule has 1 heterocycles. The van der Waals surface area contributed by atoms with Crippen molar-refractivity contribution in [2.75, 3.05) is 10.6 Å². The van der Waals surface area contributed by atoms with E-state index < -0.39 is 0 Å². The largest absolute Gasteiger partial charge is 0.505 e. The van der Waals surface area contributed by atoms with E-state index in [0.29, 0.717) is 22.1 Å². The maximum atomic E-state index is 12.3. The van der Waals surface area contributed by atoms with Crippen LogP contribution in [0, 0.1) is 0 Å². The molecule has 7 heteroatoms. The van der Waals surface area contributed by atoms with E-state index in [0.717, 1.165) is 0 Å². The summed E-state index contributed by atoms with van der Waals surface area (Å²) in [6.07, 6.45) is 5.48. The fourth-order valence-electron chi connectivity index (χ4n) is 2.69. The van der Waals surface area contributed by atoms with Crippen molar-refractivity contribution in [3.8, 4) is 5.75 Å². The van der Waals surface area contributed by atoms with E-state index in [1.165, 1.54) is 6.92 Å². The van der Waals surface area contributed by atoms with Gasteiger partial charge < -0.3 is 15.7 Å². The number of nitrogens with zero attached hydrogens (tertiary/aromatic N) is 2. The Morgan fingerprint density at radius 3 is 2.60 bits per heavy atom. The number of fused-ring (bicyclic) bond motifs is 1. The van der Waals surface area contributed by atoms with Crippen LogP contribution >= 0.6 is 0 Å². The first-order valence-corrected chi connectivity index (χ1v) is 7.77. The smallest absolute Gasteiger partial charge is 0.266 e. The van der Waals surface area contributed by atoms with E-state index in [2.05, 4.69) is 10.6 Å². The molecule has 0 saturated carbocycles. The molecule has 3 rings (SSSR count). The average Bonchev–Trinajstić information content (AvgIpc) is 2.95. The number of hydrogen-bond acceptors (Lipinski definition) is 3. The monoisotopic (exact) mass is 339 g/mol. The summed E-state index contributed by atoms with van der Waals surface area (Å²) in [5, 5.41) is 17.0.